The molecular weight excluding hydrogens is 308 g/mol. The van der Waals surface area contributed by atoms with Gasteiger partial charge in [0.15, 0.2) is 0 Å². The van der Waals surface area contributed by atoms with E-state index in [0.29, 0.717) is 19.0 Å². The van der Waals surface area contributed by atoms with Crippen LogP contribution >= 0.6 is 0 Å². The molecule has 2 unspecified atom stereocenters. The molecule has 2 aliphatic rings. The lowest BCUT2D eigenvalue weighted by atomic mass is 9.98. The molecule has 0 bridgehead atoms. The van der Waals surface area contributed by atoms with Crippen LogP contribution in [0.1, 0.15) is 32.1 Å². The molecule has 2 fully saturated rings. The molecule has 3 heterocycles. The molecule has 24 heavy (non-hydrogen) atoms. The number of carbonyl (C=O) groups is 2. The van der Waals surface area contributed by atoms with Crippen LogP contribution < -0.4 is 10.6 Å². The lowest BCUT2D eigenvalue weighted by Gasteiger charge is -2.32. The average Bonchev–Trinajstić information content (AvgIpc) is 2.98. The second kappa shape index (κ2) is 8.23. The van der Waals surface area contributed by atoms with Crippen molar-refractivity contribution in [3.63, 3.8) is 0 Å². The van der Waals surface area contributed by atoms with Gasteiger partial charge in [0.25, 0.3) is 0 Å². The van der Waals surface area contributed by atoms with Gasteiger partial charge in [-0.2, -0.15) is 5.10 Å². The normalized spacial score (nSPS) is 25.8. The van der Waals surface area contributed by atoms with Gasteiger partial charge in [-0.05, 0) is 44.6 Å². The third-order valence-electron chi connectivity index (χ3n) is 4.75. The number of nitrogens with one attached hydrogen (secondary N) is 2. The molecular formula is C16H26N6O2. The van der Waals surface area contributed by atoms with E-state index in [1.54, 1.807) is 12.7 Å². The molecule has 8 heteroatoms. The SMILES string of the molecule is O=C(CN1CCCC(Cn2cncn2)C1)NC1CCCCNC1=O. The van der Waals surface area contributed by atoms with Crippen molar-refractivity contribution >= 4 is 11.8 Å². The van der Waals surface area contributed by atoms with Gasteiger partial charge in [0, 0.05) is 19.6 Å². The summed E-state index contributed by atoms with van der Waals surface area (Å²) in [4.78, 5) is 30.4. The van der Waals surface area contributed by atoms with E-state index in [1.807, 2.05) is 4.68 Å². The second-order valence-electron chi connectivity index (χ2n) is 6.77. The smallest absolute Gasteiger partial charge is 0.242 e. The molecule has 8 nitrogen and oxygen atoms in total. The fourth-order valence-electron chi connectivity index (χ4n) is 3.56. The Bertz CT molecular complexity index is 547. The number of aromatic nitrogens is 3. The number of likely N-dealkylation sites (tertiary alicyclic amines) is 1. The zero-order chi connectivity index (χ0) is 16.8. The van der Waals surface area contributed by atoms with Crippen molar-refractivity contribution in [2.45, 2.75) is 44.7 Å². The van der Waals surface area contributed by atoms with Crippen molar-refractivity contribution in [1.29, 1.82) is 0 Å². The van der Waals surface area contributed by atoms with Crippen molar-refractivity contribution in [2.75, 3.05) is 26.2 Å². The summed E-state index contributed by atoms with van der Waals surface area (Å²) in [6, 6.07) is -0.379. The highest BCUT2D eigenvalue weighted by Gasteiger charge is 2.25. The first-order valence-corrected chi connectivity index (χ1v) is 8.82. The quantitative estimate of drug-likeness (QED) is 0.776. The maximum Gasteiger partial charge on any atom is 0.242 e. The van der Waals surface area contributed by atoms with Crippen LogP contribution in [-0.2, 0) is 16.1 Å². The van der Waals surface area contributed by atoms with E-state index in [1.165, 1.54) is 0 Å². The Labute approximate surface area is 142 Å². The molecule has 0 aliphatic carbocycles. The molecule has 2 aliphatic heterocycles. The minimum atomic E-state index is -0.379. The Morgan fingerprint density at radius 3 is 3.08 bits per heavy atom. The Morgan fingerprint density at radius 2 is 2.25 bits per heavy atom. The van der Waals surface area contributed by atoms with Crippen LogP contribution in [0.15, 0.2) is 12.7 Å². The molecule has 3 rings (SSSR count). The first-order chi connectivity index (χ1) is 11.7. The highest BCUT2D eigenvalue weighted by atomic mass is 16.2. The lowest BCUT2D eigenvalue weighted by molar-refractivity contribution is -0.129. The fourth-order valence-corrected chi connectivity index (χ4v) is 3.56. The zero-order valence-electron chi connectivity index (χ0n) is 14.0. The maximum atomic E-state index is 12.3. The van der Waals surface area contributed by atoms with Gasteiger partial charge in [-0.25, -0.2) is 4.98 Å². The summed E-state index contributed by atoms with van der Waals surface area (Å²) in [5.41, 5.74) is 0. The van der Waals surface area contributed by atoms with Gasteiger partial charge in [0.2, 0.25) is 11.8 Å². The van der Waals surface area contributed by atoms with Gasteiger partial charge < -0.3 is 10.6 Å². The summed E-state index contributed by atoms with van der Waals surface area (Å²) in [6.45, 7) is 3.71. The van der Waals surface area contributed by atoms with Crippen molar-refractivity contribution < 1.29 is 9.59 Å². The molecule has 2 amide bonds. The van der Waals surface area contributed by atoms with Crippen molar-refractivity contribution in [3.8, 4) is 0 Å². The fraction of sp³-hybridized carbons (Fsp3) is 0.750. The van der Waals surface area contributed by atoms with E-state index >= 15 is 0 Å². The highest BCUT2D eigenvalue weighted by molar-refractivity contribution is 5.88. The third-order valence-corrected chi connectivity index (χ3v) is 4.75. The van der Waals surface area contributed by atoms with Gasteiger partial charge >= 0.3 is 0 Å². The van der Waals surface area contributed by atoms with Crippen LogP contribution in [0.4, 0.5) is 0 Å². The van der Waals surface area contributed by atoms with Crippen LogP contribution in [0.2, 0.25) is 0 Å². The maximum absolute atomic E-state index is 12.3. The van der Waals surface area contributed by atoms with E-state index < -0.39 is 0 Å². The molecule has 0 aromatic carbocycles. The predicted molar refractivity (Wildman–Crippen MR) is 88.0 cm³/mol. The Kier molecular flexibility index (Phi) is 5.79. The van der Waals surface area contributed by atoms with Gasteiger partial charge in [0.1, 0.15) is 18.7 Å². The minimum Gasteiger partial charge on any atom is -0.354 e. The van der Waals surface area contributed by atoms with Crippen LogP contribution in [0.5, 0.6) is 0 Å². The molecule has 1 aromatic heterocycles. The summed E-state index contributed by atoms with van der Waals surface area (Å²) in [5.74, 6) is 0.372. The number of carbonyl (C=O) groups excluding carboxylic acids is 2. The summed E-state index contributed by atoms with van der Waals surface area (Å²) in [5, 5.41) is 9.90. The second-order valence-corrected chi connectivity index (χ2v) is 6.77. The van der Waals surface area contributed by atoms with E-state index in [9.17, 15) is 9.59 Å². The van der Waals surface area contributed by atoms with Crippen LogP contribution in [0.3, 0.4) is 0 Å². The van der Waals surface area contributed by atoms with Gasteiger partial charge in [-0.1, -0.05) is 0 Å². The standard InChI is InChI=1S/C16H26N6O2/c23-15(20-14-5-1-2-6-18-16(14)24)10-21-7-3-4-13(8-21)9-22-12-17-11-19-22/h11-14H,1-10H2,(H,18,24)(H,20,23). The van der Waals surface area contributed by atoms with Gasteiger partial charge in [0.05, 0.1) is 6.54 Å². The summed E-state index contributed by atoms with van der Waals surface area (Å²) < 4.78 is 1.85. The Hall–Kier alpha value is -1.96. The number of piperidine rings is 1. The van der Waals surface area contributed by atoms with E-state index in [0.717, 1.165) is 51.7 Å². The van der Waals surface area contributed by atoms with E-state index in [2.05, 4.69) is 25.6 Å². The van der Waals surface area contributed by atoms with Crippen LogP contribution in [0.25, 0.3) is 0 Å². The van der Waals surface area contributed by atoms with Gasteiger partial charge in [-0.3, -0.25) is 19.2 Å². The number of hydrogen-bond acceptors (Lipinski definition) is 5. The molecule has 1 aromatic rings. The molecule has 132 valence electrons. The van der Waals surface area contributed by atoms with Gasteiger partial charge in [-0.15, -0.1) is 0 Å². The van der Waals surface area contributed by atoms with E-state index in [4.69, 9.17) is 0 Å². The van der Waals surface area contributed by atoms with Crippen molar-refractivity contribution in [1.82, 2.24) is 30.3 Å². The summed E-state index contributed by atoms with van der Waals surface area (Å²) in [6.07, 6.45) is 8.18. The van der Waals surface area contributed by atoms with Crippen molar-refractivity contribution in [2.24, 2.45) is 5.92 Å². The minimum absolute atomic E-state index is 0.0523. The summed E-state index contributed by atoms with van der Waals surface area (Å²) in [7, 11) is 0. The number of nitrogens with zero attached hydrogens (tertiary/aromatic N) is 4. The monoisotopic (exact) mass is 334 g/mol. The Balaban J connectivity index is 1.45. The first-order valence-electron chi connectivity index (χ1n) is 8.82. The lowest BCUT2D eigenvalue weighted by Crippen LogP contribution is -2.50. The first kappa shape index (κ1) is 16.9. The third kappa shape index (κ3) is 4.77. The molecule has 2 N–H and O–H groups in total. The number of rotatable bonds is 5. The molecule has 2 saturated heterocycles. The van der Waals surface area contributed by atoms with Crippen molar-refractivity contribution in [3.05, 3.63) is 12.7 Å². The average molecular weight is 334 g/mol. The Morgan fingerprint density at radius 1 is 1.33 bits per heavy atom. The van der Waals surface area contributed by atoms with Crippen LogP contribution in [0, 0.1) is 5.92 Å². The predicted octanol–water partition coefficient (Wildman–Crippen LogP) is -0.225. The summed E-state index contributed by atoms with van der Waals surface area (Å²) >= 11 is 0. The zero-order valence-corrected chi connectivity index (χ0v) is 14.0. The molecule has 2 atom stereocenters. The molecule has 0 spiro atoms. The highest BCUT2D eigenvalue weighted by Crippen LogP contribution is 2.17. The van der Waals surface area contributed by atoms with Crippen LogP contribution in [-0.4, -0.2) is 63.7 Å². The van der Waals surface area contributed by atoms with E-state index in [-0.39, 0.29) is 17.9 Å². The molecule has 0 radical (unpaired) electrons. The number of hydrogen-bond donors (Lipinski definition) is 2. The topological polar surface area (TPSA) is 92.2 Å². The number of amides is 2. The largest absolute Gasteiger partial charge is 0.354 e. The molecule has 0 saturated carbocycles.